The van der Waals surface area contributed by atoms with E-state index in [0.717, 1.165) is 41.4 Å². The summed E-state index contributed by atoms with van der Waals surface area (Å²) < 4.78 is 18.0. The molecule has 2 aromatic carbocycles. The first kappa shape index (κ1) is 15.9. The molecule has 1 saturated heterocycles. The molecule has 0 aromatic heterocycles. The largest absolute Gasteiger partial charge is 0.465 e. The summed E-state index contributed by atoms with van der Waals surface area (Å²) in [4.78, 5) is 14.3. The second-order valence-corrected chi connectivity index (χ2v) is 6.55. The highest BCUT2D eigenvalue weighted by atomic mass is 32.2. The van der Waals surface area contributed by atoms with Crippen LogP contribution in [0.4, 0.5) is 10.1 Å². The van der Waals surface area contributed by atoms with Crippen molar-refractivity contribution in [2.45, 2.75) is 0 Å². The average Bonchev–Trinajstić information content (AvgIpc) is 2.62. The highest BCUT2D eigenvalue weighted by Crippen LogP contribution is 2.30. The van der Waals surface area contributed by atoms with Crippen molar-refractivity contribution in [1.29, 1.82) is 0 Å². The normalized spacial score (nSPS) is 14.6. The van der Waals surface area contributed by atoms with Crippen molar-refractivity contribution in [1.82, 2.24) is 0 Å². The fourth-order valence-corrected chi connectivity index (χ4v) is 3.61. The third-order valence-electron chi connectivity index (χ3n) is 3.93. The third kappa shape index (κ3) is 3.50. The molecule has 1 aliphatic rings. The number of hydrogen-bond donors (Lipinski definition) is 0. The maximum atomic E-state index is 13.1. The minimum absolute atomic E-state index is 0.256. The molecule has 0 unspecified atom stereocenters. The molecule has 0 radical (unpaired) electrons. The van der Waals surface area contributed by atoms with Crippen LogP contribution in [0.2, 0.25) is 0 Å². The average molecular weight is 331 g/mol. The number of methoxy groups -OCH3 is 1. The van der Waals surface area contributed by atoms with Gasteiger partial charge >= 0.3 is 5.97 Å². The summed E-state index contributed by atoms with van der Waals surface area (Å²) >= 11 is 1.92. The first-order valence-electron chi connectivity index (χ1n) is 7.50. The van der Waals surface area contributed by atoms with Crippen molar-refractivity contribution in [3.05, 3.63) is 53.8 Å². The predicted molar refractivity (Wildman–Crippen MR) is 92.7 cm³/mol. The van der Waals surface area contributed by atoms with Crippen LogP contribution in [0.25, 0.3) is 11.1 Å². The van der Waals surface area contributed by atoms with Crippen molar-refractivity contribution in [3.63, 3.8) is 0 Å². The van der Waals surface area contributed by atoms with Crippen LogP contribution in [-0.4, -0.2) is 37.7 Å². The molecule has 0 amide bonds. The fraction of sp³-hybridized carbons (Fsp3) is 0.278. The van der Waals surface area contributed by atoms with Crippen LogP contribution in [0.3, 0.4) is 0 Å². The number of carbonyl (C=O) groups is 1. The summed E-state index contributed by atoms with van der Waals surface area (Å²) in [6, 6.07) is 12.1. The standard InChI is InChI=1S/C18H18FNO2S/c1-22-18(21)16-7-4-14(13-2-5-15(19)6-3-13)12-17(16)20-8-10-23-11-9-20/h2-7,12H,8-11H2,1H3. The van der Waals surface area contributed by atoms with Gasteiger partial charge in [0.1, 0.15) is 5.82 Å². The fourth-order valence-electron chi connectivity index (χ4n) is 2.70. The SMILES string of the molecule is COC(=O)c1ccc(-c2ccc(F)cc2)cc1N1CCSCC1. The van der Waals surface area contributed by atoms with Gasteiger partial charge in [-0.15, -0.1) is 0 Å². The van der Waals surface area contributed by atoms with E-state index < -0.39 is 0 Å². The van der Waals surface area contributed by atoms with Crippen molar-refractivity contribution in [2.75, 3.05) is 36.6 Å². The van der Waals surface area contributed by atoms with Gasteiger partial charge in [-0.3, -0.25) is 0 Å². The van der Waals surface area contributed by atoms with Gasteiger partial charge in [0.25, 0.3) is 0 Å². The molecule has 120 valence electrons. The Morgan fingerprint density at radius 3 is 2.39 bits per heavy atom. The Hall–Kier alpha value is -2.01. The van der Waals surface area contributed by atoms with Crippen LogP contribution >= 0.6 is 11.8 Å². The molecule has 0 atom stereocenters. The van der Waals surface area contributed by atoms with E-state index in [2.05, 4.69) is 4.90 Å². The molecule has 3 nitrogen and oxygen atoms in total. The Balaban J connectivity index is 2.03. The lowest BCUT2D eigenvalue weighted by Gasteiger charge is -2.30. The van der Waals surface area contributed by atoms with Crippen LogP contribution in [0.1, 0.15) is 10.4 Å². The second kappa shape index (κ2) is 7.04. The Morgan fingerprint density at radius 2 is 1.74 bits per heavy atom. The van der Waals surface area contributed by atoms with Crippen molar-refractivity contribution in [2.24, 2.45) is 0 Å². The molecule has 2 aromatic rings. The van der Waals surface area contributed by atoms with E-state index in [4.69, 9.17) is 4.74 Å². The van der Waals surface area contributed by atoms with Gasteiger partial charge in [0.05, 0.1) is 18.4 Å². The minimum atomic E-state index is -0.330. The van der Waals surface area contributed by atoms with Gasteiger partial charge in [-0.2, -0.15) is 11.8 Å². The van der Waals surface area contributed by atoms with Gasteiger partial charge in [-0.1, -0.05) is 18.2 Å². The first-order valence-corrected chi connectivity index (χ1v) is 8.65. The number of thioether (sulfide) groups is 1. The monoisotopic (exact) mass is 331 g/mol. The Bertz CT molecular complexity index is 697. The maximum absolute atomic E-state index is 13.1. The molecular formula is C18H18FNO2S. The lowest BCUT2D eigenvalue weighted by molar-refractivity contribution is 0.0601. The predicted octanol–water partition coefficient (Wildman–Crippen LogP) is 3.83. The topological polar surface area (TPSA) is 29.5 Å². The van der Waals surface area contributed by atoms with E-state index in [-0.39, 0.29) is 11.8 Å². The van der Waals surface area contributed by atoms with Gasteiger partial charge in [0, 0.05) is 24.6 Å². The zero-order valence-electron chi connectivity index (χ0n) is 12.9. The molecule has 5 heteroatoms. The van der Waals surface area contributed by atoms with Gasteiger partial charge in [0.15, 0.2) is 0 Å². The highest BCUT2D eigenvalue weighted by Gasteiger charge is 2.20. The van der Waals surface area contributed by atoms with E-state index in [0.29, 0.717) is 5.56 Å². The smallest absolute Gasteiger partial charge is 0.339 e. The van der Waals surface area contributed by atoms with Crippen molar-refractivity contribution < 1.29 is 13.9 Å². The summed E-state index contributed by atoms with van der Waals surface area (Å²) in [5, 5.41) is 0. The first-order chi connectivity index (χ1) is 11.2. The highest BCUT2D eigenvalue weighted by molar-refractivity contribution is 7.99. The summed E-state index contributed by atoms with van der Waals surface area (Å²) in [6.45, 7) is 1.81. The molecule has 0 N–H and O–H groups in total. The summed E-state index contributed by atoms with van der Waals surface area (Å²) in [7, 11) is 1.39. The molecule has 1 fully saturated rings. The summed E-state index contributed by atoms with van der Waals surface area (Å²) in [5.74, 6) is 1.50. The zero-order chi connectivity index (χ0) is 16.2. The third-order valence-corrected chi connectivity index (χ3v) is 4.87. The number of rotatable bonds is 3. The molecule has 0 bridgehead atoms. The number of anilines is 1. The van der Waals surface area contributed by atoms with E-state index in [1.807, 2.05) is 23.9 Å². The maximum Gasteiger partial charge on any atom is 0.339 e. The number of hydrogen-bond acceptors (Lipinski definition) is 4. The number of halogens is 1. The Labute approximate surface area is 139 Å². The van der Waals surface area contributed by atoms with E-state index in [9.17, 15) is 9.18 Å². The van der Waals surface area contributed by atoms with Gasteiger partial charge in [-0.25, -0.2) is 9.18 Å². The van der Waals surface area contributed by atoms with Crippen LogP contribution in [0.5, 0.6) is 0 Å². The molecule has 1 aliphatic heterocycles. The second-order valence-electron chi connectivity index (χ2n) is 5.33. The molecule has 0 spiro atoms. The Kier molecular flexibility index (Phi) is 4.86. The summed E-state index contributed by atoms with van der Waals surface area (Å²) in [5.41, 5.74) is 3.35. The molecular weight excluding hydrogens is 313 g/mol. The molecule has 1 heterocycles. The van der Waals surface area contributed by atoms with Crippen molar-refractivity contribution in [3.8, 4) is 11.1 Å². The minimum Gasteiger partial charge on any atom is -0.465 e. The number of carbonyl (C=O) groups excluding carboxylic acids is 1. The van der Waals surface area contributed by atoms with Gasteiger partial charge in [-0.05, 0) is 35.4 Å². The van der Waals surface area contributed by atoms with E-state index in [1.165, 1.54) is 19.2 Å². The number of nitrogens with zero attached hydrogens (tertiary/aromatic N) is 1. The van der Waals surface area contributed by atoms with Crippen molar-refractivity contribution >= 4 is 23.4 Å². The summed E-state index contributed by atoms with van der Waals surface area (Å²) in [6.07, 6.45) is 0. The lowest BCUT2D eigenvalue weighted by Crippen LogP contribution is -2.33. The Morgan fingerprint density at radius 1 is 1.09 bits per heavy atom. The van der Waals surface area contributed by atoms with E-state index in [1.54, 1.807) is 18.2 Å². The lowest BCUT2D eigenvalue weighted by atomic mass is 10.0. The zero-order valence-corrected chi connectivity index (χ0v) is 13.7. The van der Waals surface area contributed by atoms with Crippen LogP contribution < -0.4 is 4.90 Å². The molecule has 0 saturated carbocycles. The van der Waals surface area contributed by atoms with Gasteiger partial charge < -0.3 is 9.64 Å². The van der Waals surface area contributed by atoms with Gasteiger partial charge in [0.2, 0.25) is 0 Å². The molecule has 3 rings (SSSR count). The van der Waals surface area contributed by atoms with E-state index >= 15 is 0 Å². The number of ether oxygens (including phenoxy) is 1. The molecule has 23 heavy (non-hydrogen) atoms. The number of esters is 1. The quantitative estimate of drug-likeness (QED) is 0.800. The molecule has 0 aliphatic carbocycles. The van der Waals surface area contributed by atoms with Crippen LogP contribution in [-0.2, 0) is 4.74 Å². The van der Waals surface area contributed by atoms with Crippen LogP contribution in [0, 0.1) is 5.82 Å². The van der Waals surface area contributed by atoms with Crippen LogP contribution in [0.15, 0.2) is 42.5 Å². The number of benzene rings is 2.